The quantitative estimate of drug-likeness (QED) is 0.275. The Labute approximate surface area is 180 Å². The fourth-order valence-corrected chi connectivity index (χ4v) is 2.65. The molecule has 2 N–H and O–H groups in total. The Morgan fingerprint density at radius 3 is 1.38 bits per heavy atom. The number of carbonyl (C=O) groups excluding carboxylic acids is 2. The van der Waals surface area contributed by atoms with Crippen LogP contribution in [0.3, 0.4) is 0 Å². The second kappa shape index (κ2) is 12.6. The molecule has 0 saturated carbocycles. The number of hydrogen-bond donors (Lipinski definition) is 2. The van der Waals surface area contributed by atoms with Crippen LogP contribution in [0.2, 0.25) is 0 Å². The lowest BCUT2D eigenvalue weighted by atomic mass is 9.98. The molecule has 0 bridgehead atoms. The van der Waals surface area contributed by atoms with Crippen molar-refractivity contribution in [1.29, 1.82) is 0 Å². The van der Waals surface area contributed by atoms with Gasteiger partial charge < -0.3 is 19.7 Å². The molecule has 32 heavy (non-hydrogen) atoms. The molecule has 0 aliphatic carbocycles. The van der Waals surface area contributed by atoms with E-state index < -0.39 is 36.5 Å². The van der Waals surface area contributed by atoms with Gasteiger partial charge >= 0.3 is 24.3 Å². The van der Waals surface area contributed by atoms with Crippen LogP contribution in [0.4, 0.5) is 26.3 Å². The fraction of sp³-hybridized carbons (Fsp3) is 0.600. The number of halogens is 6. The third-order valence-electron chi connectivity index (χ3n) is 4.35. The molecule has 0 aliphatic rings. The summed E-state index contributed by atoms with van der Waals surface area (Å²) in [6.07, 6.45) is -13.8. The van der Waals surface area contributed by atoms with Gasteiger partial charge in [-0.3, -0.25) is 0 Å². The van der Waals surface area contributed by atoms with Gasteiger partial charge in [0.15, 0.2) is 0 Å². The van der Waals surface area contributed by atoms with E-state index in [1.54, 1.807) is 12.1 Å². The highest BCUT2D eigenvalue weighted by Crippen LogP contribution is 2.22. The molecule has 12 heteroatoms. The lowest BCUT2D eigenvalue weighted by Gasteiger charge is -2.14. The van der Waals surface area contributed by atoms with Gasteiger partial charge in [-0.2, -0.15) is 26.3 Å². The van der Waals surface area contributed by atoms with Crippen LogP contribution in [0.1, 0.15) is 36.8 Å². The molecular weight excluding hydrogens is 450 g/mol. The summed E-state index contributed by atoms with van der Waals surface area (Å²) in [6.45, 7) is -0.549. The van der Waals surface area contributed by atoms with Crippen molar-refractivity contribution >= 4 is 11.9 Å². The highest BCUT2D eigenvalue weighted by Gasteiger charge is 2.45. The van der Waals surface area contributed by atoms with Gasteiger partial charge in [-0.05, 0) is 49.7 Å². The summed E-state index contributed by atoms with van der Waals surface area (Å²) >= 11 is 0. The maximum atomic E-state index is 12.2. The minimum absolute atomic E-state index is 0.275. The van der Waals surface area contributed by atoms with Gasteiger partial charge in [0.05, 0.1) is 13.2 Å². The minimum atomic E-state index is -5.08. The molecule has 0 aromatic heterocycles. The first-order valence-electron chi connectivity index (χ1n) is 9.73. The number of esters is 2. The summed E-state index contributed by atoms with van der Waals surface area (Å²) in [6, 6.07) is 7.26. The van der Waals surface area contributed by atoms with E-state index in [4.69, 9.17) is 10.2 Å². The second-order valence-electron chi connectivity index (χ2n) is 6.91. The van der Waals surface area contributed by atoms with Crippen LogP contribution >= 0.6 is 0 Å². The summed E-state index contributed by atoms with van der Waals surface area (Å²) < 4.78 is 81.9. The van der Waals surface area contributed by atoms with Crippen molar-refractivity contribution in [3.8, 4) is 0 Å². The molecule has 2 atom stereocenters. The highest BCUT2D eigenvalue weighted by molar-refractivity contribution is 5.75. The average molecular weight is 474 g/mol. The summed E-state index contributed by atoms with van der Waals surface area (Å²) in [5, 5.41) is 17.5. The summed E-state index contributed by atoms with van der Waals surface area (Å²) in [4.78, 5) is 22.2. The van der Waals surface area contributed by atoms with Crippen molar-refractivity contribution in [3.63, 3.8) is 0 Å². The van der Waals surface area contributed by atoms with Crippen LogP contribution in [0, 0.1) is 0 Å². The van der Waals surface area contributed by atoms with Crippen LogP contribution in [-0.4, -0.2) is 59.9 Å². The van der Waals surface area contributed by atoms with Gasteiger partial charge in [-0.25, -0.2) is 9.59 Å². The van der Waals surface area contributed by atoms with Crippen molar-refractivity contribution in [2.75, 3.05) is 13.2 Å². The number of unbranched alkanes of at least 4 members (excludes halogenated alkanes) is 2. The largest absolute Gasteiger partial charge is 0.464 e. The number of carbonyl (C=O) groups is 2. The van der Waals surface area contributed by atoms with Gasteiger partial charge in [0.1, 0.15) is 0 Å². The van der Waals surface area contributed by atoms with Crippen molar-refractivity contribution in [1.82, 2.24) is 0 Å². The van der Waals surface area contributed by atoms with Crippen LogP contribution in [-0.2, 0) is 31.9 Å². The number of alkyl halides is 6. The monoisotopic (exact) mass is 474 g/mol. The first-order valence-corrected chi connectivity index (χ1v) is 9.73. The predicted octanol–water partition coefficient (Wildman–Crippen LogP) is 3.26. The van der Waals surface area contributed by atoms with Crippen molar-refractivity contribution < 1.29 is 55.6 Å². The van der Waals surface area contributed by atoms with E-state index in [0.717, 1.165) is 11.1 Å². The number of aliphatic hydroxyl groups excluding tert-OH is 2. The topological polar surface area (TPSA) is 93.1 Å². The van der Waals surface area contributed by atoms with Gasteiger partial charge in [-0.1, -0.05) is 24.3 Å². The van der Waals surface area contributed by atoms with Gasteiger partial charge in [0, 0.05) is 0 Å². The van der Waals surface area contributed by atoms with E-state index in [1.165, 1.54) is 0 Å². The first kappa shape index (κ1) is 27.7. The Morgan fingerprint density at radius 2 is 1.06 bits per heavy atom. The average Bonchev–Trinajstić information content (AvgIpc) is 2.71. The number of hydrogen-bond acceptors (Lipinski definition) is 6. The standard InChI is InChI=1S/C20H24F6O6/c21-19(22,23)15(27)17(29)31-11-5-3-9-13-7-1-2-8-14(13)10-4-6-12-32-18(30)16(28)20(24,25)26/h1-2,7-8,15-16,27-28H,3-6,9-12H2/t15-,16-/m0/s1. The Hall–Kier alpha value is -2.34. The Bertz CT molecular complexity index is 673. The molecule has 0 heterocycles. The zero-order valence-electron chi connectivity index (χ0n) is 16.9. The molecule has 182 valence electrons. The summed E-state index contributed by atoms with van der Waals surface area (Å²) in [7, 11) is 0. The predicted molar refractivity (Wildman–Crippen MR) is 98.4 cm³/mol. The molecule has 0 aliphatic heterocycles. The number of rotatable bonds is 12. The Kier molecular flexibility index (Phi) is 10.9. The molecule has 1 rings (SSSR count). The van der Waals surface area contributed by atoms with E-state index in [1.807, 2.05) is 12.1 Å². The molecule has 6 nitrogen and oxygen atoms in total. The number of aliphatic hydroxyl groups is 2. The normalized spacial score (nSPS) is 14.0. The van der Waals surface area contributed by atoms with E-state index >= 15 is 0 Å². The smallest absolute Gasteiger partial charge is 0.425 e. The van der Waals surface area contributed by atoms with E-state index in [2.05, 4.69) is 9.47 Å². The third kappa shape index (κ3) is 9.86. The van der Waals surface area contributed by atoms with Crippen LogP contribution in [0.5, 0.6) is 0 Å². The summed E-state index contributed by atoms with van der Waals surface area (Å²) in [5.41, 5.74) is 1.89. The molecule has 0 radical (unpaired) electrons. The highest BCUT2D eigenvalue weighted by atomic mass is 19.4. The van der Waals surface area contributed by atoms with Crippen LogP contribution in [0.25, 0.3) is 0 Å². The van der Waals surface area contributed by atoms with Crippen molar-refractivity contribution in [2.24, 2.45) is 0 Å². The van der Waals surface area contributed by atoms with Crippen molar-refractivity contribution in [2.45, 2.75) is 63.1 Å². The third-order valence-corrected chi connectivity index (χ3v) is 4.35. The number of aryl methyl sites for hydroxylation is 2. The Balaban J connectivity index is 2.33. The molecule has 1 aromatic carbocycles. The molecule has 0 unspecified atom stereocenters. The summed E-state index contributed by atoms with van der Waals surface area (Å²) in [5.74, 6) is -3.50. The van der Waals surface area contributed by atoms with Crippen LogP contribution in [0.15, 0.2) is 24.3 Å². The zero-order valence-corrected chi connectivity index (χ0v) is 16.9. The van der Waals surface area contributed by atoms with Gasteiger partial charge in [0.25, 0.3) is 0 Å². The lowest BCUT2D eigenvalue weighted by molar-refractivity contribution is -0.219. The minimum Gasteiger partial charge on any atom is -0.464 e. The maximum absolute atomic E-state index is 12.2. The molecule has 0 amide bonds. The molecule has 0 saturated heterocycles. The fourth-order valence-electron chi connectivity index (χ4n) is 2.65. The van der Waals surface area contributed by atoms with Crippen LogP contribution < -0.4 is 0 Å². The molecular formula is C20H24F6O6. The zero-order chi connectivity index (χ0) is 24.4. The molecule has 0 fully saturated rings. The van der Waals surface area contributed by atoms with E-state index in [-0.39, 0.29) is 26.1 Å². The molecule has 0 spiro atoms. The lowest BCUT2D eigenvalue weighted by Crippen LogP contribution is -2.37. The first-order chi connectivity index (χ1) is 14.8. The number of benzene rings is 1. The second-order valence-corrected chi connectivity index (χ2v) is 6.91. The van der Waals surface area contributed by atoms with E-state index in [9.17, 15) is 35.9 Å². The SMILES string of the molecule is O=C(OCCCCc1ccccc1CCCCOC(=O)[C@H](O)C(F)(F)F)[C@H](O)C(F)(F)F. The van der Waals surface area contributed by atoms with Gasteiger partial charge in [0.2, 0.25) is 12.2 Å². The maximum Gasteiger partial charge on any atom is 0.425 e. The molecule has 1 aromatic rings. The van der Waals surface area contributed by atoms with Gasteiger partial charge in [-0.15, -0.1) is 0 Å². The van der Waals surface area contributed by atoms with Crippen molar-refractivity contribution in [3.05, 3.63) is 35.4 Å². The number of ether oxygens (including phenoxy) is 2. The Morgan fingerprint density at radius 1 is 0.719 bits per heavy atom. The van der Waals surface area contributed by atoms with E-state index in [0.29, 0.717) is 25.7 Å².